The molecule has 1 heterocycles. The molecule has 1 aliphatic rings. The van der Waals surface area contributed by atoms with Crippen LogP contribution in [0.4, 0.5) is 0 Å². The highest BCUT2D eigenvalue weighted by atomic mass is 16.5. The summed E-state index contributed by atoms with van der Waals surface area (Å²) >= 11 is 0. The molecule has 0 fully saturated rings. The number of aliphatic hydroxyl groups is 1. The second kappa shape index (κ2) is 14.2. The van der Waals surface area contributed by atoms with E-state index < -0.39 is 18.1 Å². The smallest absolute Gasteiger partial charge is 0.254 e. The first-order valence-corrected chi connectivity index (χ1v) is 14.3. The van der Waals surface area contributed by atoms with Crippen LogP contribution in [0.1, 0.15) is 65.1 Å². The predicted molar refractivity (Wildman–Crippen MR) is 163 cm³/mol. The summed E-state index contributed by atoms with van der Waals surface area (Å²) in [4.78, 5) is 28.0. The van der Waals surface area contributed by atoms with Crippen molar-refractivity contribution >= 4 is 11.8 Å². The molecule has 0 radical (unpaired) electrons. The van der Waals surface area contributed by atoms with Crippen molar-refractivity contribution in [1.29, 1.82) is 0 Å². The van der Waals surface area contributed by atoms with Crippen LogP contribution in [-0.2, 0) is 11.2 Å². The molecule has 0 aliphatic carbocycles. The number of nitrogens with two attached hydrogens (primary N) is 1. The third-order valence-electron chi connectivity index (χ3n) is 7.92. The van der Waals surface area contributed by atoms with E-state index in [4.69, 9.17) is 15.2 Å². The van der Waals surface area contributed by atoms with E-state index in [2.05, 4.69) is 5.32 Å². The summed E-state index contributed by atoms with van der Waals surface area (Å²) in [5.41, 5.74) is 8.14. The van der Waals surface area contributed by atoms with E-state index in [-0.39, 0.29) is 36.2 Å². The maximum absolute atomic E-state index is 14.3. The van der Waals surface area contributed by atoms with Crippen LogP contribution in [0.5, 0.6) is 5.75 Å². The van der Waals surface area contributed by atoms with E-state index in [1.165, 1.54) is 6.07 Å². The van der Waals surface area contributed by atoms with Crippen LogP contribution in [0.15, 0.2) is 90.7 Å². The van der Waals surface area contributed by atoms with Gasteiger partial charge in [0.05, 0.1) is 31.1 Å². The number of aliphatic hydroxyl groups excluding tert-OH is 1. The number of nitrogens with zero attached hydrogens (tertiary/aromatic N) is 1. The number of carbonyl (C=O) groups excluding carboxylic acids is 2. The summed E-state index contributed by atoms with van der Waals surface area (Å²) in [5.74, 6) is 0.671. The minimum atomic E-state index is -0.924. The Labute approximate surface area is 248 Å². The molecular weight excluding hydrogens is 530 g/mol. The average Bonchev–Trinajstić information content (AvgIpc) is 3.46. The van der Waals surface area contributed by atoms with E-state index in [1.807, 2.05) is 81.4 Å². The van der Waals surface area contributed by atoms with Gasteiger partial charge in [0, 0.05) is 30.1 Å². The van der Waals surface area contributed by atoms with Gasteiger partial charge >= 0.3 is 0 Å². The van der Waals surface area contributed by atoms with Crippen LogP contribution in [0.25, 0.3) is 0 Å². The molecule has 8 nitrogen and oxygen atoms in total. The van der Waals surface area contributed by atoms with Crippen molar-refractivity contribution < 1.29 is 24.2 Å². The van der Waals surface area contributed by atoms with E-state index >= 15 is 0 Å². The maximum atomic E-state index is 14.3. The first-order chi connectivity index (χ1) is 20.2. The minimum Gasteiger partial charge on any atom is -0.497 e. The van der Waals surface area contributed by atoms with Gasteiger partial charge in [0.15, 0.2) is 0 Å². The third kappa shape index (κ3) is 7.57. The Bertz CT molecular complexity index is 1380. The summed E-state index contributed by atoms with van der Waals surface area (Å²) in [6.45, 7) is 6.12. The fourth-order valence-electron chi connectivity index (χ4n) is 5.40. The molecule has 0 saturated heterocycles. The first-order valence-electron chi connectivity index (χ1n) is 14.3. The number of nitrogens with one attached hydrogen (secondary N) is 1. The molecule has 0 spiro atoms. The lowest BCUT2D eigenvalue weighted by Gasteiger charge is -2.41. The first kappa shape index (κ1) is 30.8. The Balaban J connectivity index is 1.66. The molecule has 2 amide bonds. The molecule has 4 N–H and O–H groups in total. The topological polar surface area (TPSA) is 114 Å². The summed E-state index contributed by atoms with van der Waals surface area (Å²) < 4.78 is 11.4. The molecule has 4 rings (SSSR count). The van der Waals surface area contributed by atoms with Gasteiger partial charge in [0.1, 0.15) is 11.9 Å². The summed E-state index contributed by atoms with van der Waals surface area (Å²) in [6.07, 6.45) is 1.89. The lowest BCUT2D eigenvalue weighted by Crippen LogP contribution is -2.57. The van der Waals surface area contributed by atoms with E-state index in [1.54, 1.807) is 30.2 Å². The van der Waals surface area contributed by atoms with Crippen LogP contribution in [0, 0.1) is 0 Å². The number of rotatable bonds is 13. The van der Waals surface area contributed by atoms with Crippen LogP contribution in [0.2, 0.25) is 0 Å². The number of methoxy groups -OCH3 is 1. The number of carbonyl (C=O) groups is 2. The average molecular weight is 572 g/mol. The monoisotopic (exact) mass is 571 g/mol. The lowest BCUT2D eigenvalue weighted by atomic mass is 9.94. The summed E-state index contributed by atoms with van der Waals surface area (Å²) in [7, 11) is 1.63. The van der Waals surface area contributed by atoms with E-state index in [0.717, 1.165) is 22.6 Å². The van der Waals surface area contributed by atoms with E-state index in [0.29, 0.717) is 18.4 Å². The Morgan fingerprint density at radius 2 is 1.74 bits per heavy atom. The molecule has 42 heavy (non-hydrogen) atoms. The molecule has 0 aromatic heterocycles. The fraction of sp³-hybridized carbons (Fsp3) is 0.353. The minimum absolute atomic E-state index is 0.0539. The Hall–Kier alpha value is -4.14. The lowest BCUT2D eigenvalue weighted by molar-refractivity contribution is -0.00983. The van der Waals surface area contributed by atoms with Gasteiger partial charge in [-0.15, -0.1) is 0 Å². The van der Waals surface area contributed by atoms with Gasteiger partial charge in [0.25, 0.3) is 5.91 Å². The number of hydrogen-bond acceptors (Lipinski definition) is 6. The molecule has 3 aromatic carbocycles. The number of benzene rings is 3. The largest absolute Gasteiger partial charge is 0.497 e. The van der Waals surface area contributed by atoms with Crippen molar-refractivity contribution in [2.75, 3.05) is 13.7 Å². The van der Waals surface area contributed by atoms with Gasteiger partial charge in [-0.1, -0.05) is 48.5 Å². The predicted octanol–water partition coefficient (Wildman–Crippen LogP) is 4.64. The van der Waals surface area contributed by atoms with E-state index in [9.17, 15) is 14.7 Å². The molecule has 0 bridgehead atoms. The van der Waals surface area contributed by atoms with Gasteiger partial charge in [-0.3, -0.25) is 9.59 Å². The third-order valence-corrected chi connectivity index (χ3v) is 7.92. The number of amides is 2. The SMILES string of the molecule is COc1ccc([C@@H](C)NC[C@@H](O)C(Cc2ccccc2)N(C(=O)c2cccc(C(N)=O)c2)C(C)[C@@H]2CC=C(C)O2)cc1. The fourth-order valence-corrected chi connectivity index (χ4v) is 5.40. The van der Waals surface area contributed by atoms with Gasteiger partial charge in [-0.05, 0) is 74.7 Å². The molecule has 5 atom stereocenters. The van der Waals surface area contributed by atoms with Crippen LogP contribution in [0.3, 0.4) is 0 Å². The highest BCUT2D eigenvalue weighted by Gasteiger charge is 2.39. The summed E-state index contributed by atoms with van der Waals surface area (Å²) in [6, 6.07) is 23.0. The standard InChI is InChI=1S/C34H41N3O5/c1-22-13-18-32(42-22)24(3)37(34(40)28-12-8-11-27(20-28)33(35)39)30(19-25-9-6-5-7-10-25)31(38)21-36-23(2)26-14-16-29(41-4)17-15-26/h5-17,20,23-24,30-32,36,38H,18-19,21H2,1-4H3,(H2,35,39)/t23-,24?,30?,31-,32+/m1/s1. The summed E-state index contributed by atoms with van der Waals surface area (Å²) in [5, 5.41) is 15.2. The maximum Gasteiger partial charge on any atom is 0.254 e. The van der Waals surface area contributed by atoms with Gasteiger partial charge < -0.3 is 30.5 Å². The molecular formula is C34H41N3O5. The Morgan fingerprint density at radius 1 is 1.05 bits per heavy atom. The zero-order chi connectivity index (χ0) is 30.2. The van der Waals surface area contributed by atoms with Crippen molar-refractivity contribution in [3.05, 3.63) is 113 Å². The van der Waals surface area contributed by atoms with Gasteiger partial charge in [-0.25, -0.2) is 0 Å². The normalized spacial score (nSPS) is 17.4. The number of ether oxygens (including phenoxy) is 2. The Kier molecular flexibility index (Phi) is 10.4. The van der Waals surface area contributed by atoms with Gasteiger partial charge in [0.2, 0.25) is 5.91 Å². The molecule has 8 heteroatoms. The van der Waals surface area contributed by atoms with Gasteiger partial charge in [-0.2, -0.15) is 0 Å². The molecule has 2 unspecified atom stereocenters. The van der Waals surface area contributed by atoms with Crippen LogP contribution in [-0.4, -0.2) is 59.8 Å². The number of hydrogen-bond donors (Lipinski definition) is 3. The highest BCUT2D eigenvalue weighted by molar-refractivity contribution is 5.99. The highest BCUT2D eigenvalue weighted by Crippen LogP contribution is 2.28. The number of allylic oxidation sites excluding steroid dienone is 1. The quantitative estimate of drug-likeness (QED) is 0.275. The molecule has 222 valence electrons. The molecule has 1 aliphatic heterocycles. The second-order valence-corrected chi connectivity index (χ2v) is 10.8. The van der Waals surface area contributed by atoms with Crippen LogP contribution < -0.4 is 15.8 Å². The van der Waals surface area contributed by atoms with Crippen molar-refractivity contribution in [2.24, 2.45) is 5.73 Å². The van der Waals surface area contributed by atoms with Crippen molar-refractivity contribution in [2.45, 2.75) is 63.9 Å². The molecule has 0 saturated carbocycles. The van der Waals surface area contributed by atoms with Crippen molar-refractivity contribution in [1.82, 2.24) is 10.2 Å². The number of primary amides is 1. The van der Waals surface area contributed by atoms with Crippen molar-refractivity contribution in [3.8, 4) is 5.75 Å². The molecule has 3 aromatic rings. The Morgan fingerprint density at radius 3 is 2.36 bits per heavy atom. The van der Waals surface area contributed by atoms with Crippen molar-refractivity contribution in [3.63, 3.8) is 0 Å². The zero-order valence-electron chi connectivity index (χ0n) is 24.7. The second-order valence-electron chi connectivity index (χ2n) is 10.8. The van der Waals surface area contributed by atoms with Crippen LogP contribution >= 0.6 is 0 Å². The zero-order valence-corrected chi connectivity index (χ0v) is 24.7.